The smallest absolute Gasteiger partial charge is 0.412 e. The molecule has 1 N–H and O–H groups in total. The molecular weight excluding hydrogens is 499 g/mol. The number of anilines is 1. The van der Waals surface area contributed by atoms with Crippen molar-refractivity contribution in [3.63, 3.8) is 0 Å². The first kappa shape index (κ1) is 23.8. The molecule has 8 nitrogen and oxygen atoms in total. The summed E-state index contributed by atoms with van der Waals surface area (Å²) in [5, 5.41) is 6.85. The number of fused-ring (bicyclic) bond motifs is 3. The number of halogens is 2. The minimum Gasteiger partial charge on any atom is -0.492 e. The second-order valence-electron chi connectivity index (χ2n) is 10.6. The Hall–Kier alpha value is -3.59. The fraction of sp³-hybridized carbons (Fsp3) is 0.370. The van der Waals surface area contributed by atoms with Gasteiger partial charge in [-0.05, 0) is 36.6 Å². The van der Waals surface area contributed by atoms with Gasteiger partial charge in [0.15, 0.2) is 11.4 Å². The molecular formula is C27H26ClFN4O4. The molecule has 1 spiro atoms. The van der Waals surface area contributed by atoms with Crippen LogP contribution >= 0.6 is 11.6 Å². The molecule has 3 aliphatic rings. The lowest BCUT2D eigenvalue weighted by Crippen LogP contribution is -2.53. The average molecular weight is 525 g/mol. The summed E-state index contributed by atoms with van der Waals surface area (Å²) in [5.74, 6) is -0.0281. The third-order valence-corrected chi connectivity index (χ3v) is 7.70. The van der Waals surface area contributed by atoms with Crippen LogP contribution in [0.3, 0.4) is 0 Å². The zero-order valence-corrected chi connectivity index (χ0v) is 21.3. The number of ether oxygens (including phenoxy) is 2. The zero-order chi connectivity index (χ0) is 25.9. The largest absolute Gasteiger partial charge is 0.492 e. The van der Waals surface area contributed by atoms with E-state index in [4.69, 9.17) is 21.1 Å². The fourth-order valence-electron chi connectivity index (χ4n) is 5.56. The van der Waals surface area contributed by atoms with Gasteiger partial charge in [0.1, 0.15) is 5.75 Å². The predicted octanol–water partition coefficient (Wildman–Crippen LogP) is 5.09. The van der Waals surface area contributed by atoms with Crippen molar-refractivity contribution < 1.29 is 23.5 Å². The minimum absolute atomic E-state index is 0.0115. The van der Waals surface area contributed by atoms with E-state index in [1.165, 1.54) is 17.8 Å². The monoisotopic (exact) mass is 524 g/mol. The number of piperidine rings is 1. The Labute approximate surface area is 218 Å². The number of carbonyl (C=O) groups is 2. The van der Waals surface area contributed by atoms with Crippen molar-refractivity contribution in [2.75, 3.05) is 25.0 Å². The summed E-state index contributed by atoms with van der Waals surface area (Å²) in [5.41, 5.74) is 1.77. The van der Waals surface area contributed by atoms with Crippen molar-refractivity contribution in [1.29, 1.82) is 0 Å². The lowest BCUT2D eigenvalue weighted by molar-refractivity contribution is -0.0418. The van der Waals surface area contributed by atoms with Crippen LogP contribution in [0, 0.1) is 5.82 Å². The van der Waals surface area contributed by atoms with Crippen LogP contribution in [-0.4, -0.2) is 46.4 Å². The fourth-order valence-corrected chi connectivity index (χ4v) is 5.71. The minimum atomic E-state index is -1.31. The van der Waals surface area contributed by atoms with Crippen LogP contribution in [0.5, 0.6) is 5.75 Å². The van der Waals surface area contributed by atoms with Gasteiger partial charge in [0.05, 0.1) is 47.7 Å². The molecule has 0 unspecified atom stereocenters. The SMILES string of the molecule is CC1(C)COc2cc(Cn3cc(C(=O)N4CCC[C@@]5(C4)OC(=O)Nc4ccc(Cl)c(F)c45)cn3)ccc21. The summed E-state index contributed by atoms with van der Waals surface area (Å²) in [4.78, 5) is 27.3. The molecule has 2 amide bonds. The van der Waals surface area contributed by atoms with Crippen LogP contribution in [-0.2, 0) is 22.3 Å². The van der Waals surface area contributed by atoms with Crippen LogP contribution < -0.4 is 10.1 Å². The molecule has 2 aromatic carbocycles. The maximum absolute atomic E-state index is 15.1. The van der Waals surface area contributed by atoms with Gasteiger partial charge in [-0.25, -0.2) is 9.18 Å². The summed E-state index contributed by atoms with van der Waals surface area (Å²) in [6.07, 6.45) is 3.45. The maximum Gasteiger partial charge on any atom is 0.412 e. The van der Waals surface area contributed by atoms with Gasteiger partial charge in [-0.2, -0.15) is 5.10 Å². The summed E-state index contributed by atoms with van der Waals surface area (Å²) >= 11 is 6.05. The second-order valence-corrected chi connectivity index (χ2v) is 11.0. The molecule has 0 saturated carbocycles. The van der Waals surface area contributed by atoms with Crippen LogP contribution in [0.1, 0.15) is 53.7 Å². The number of nitrogens with zero attached hydrogens (tertiary/aromatic N) is 3. The Morgan fingerprint density at radius 2 is 2.11 bits per heavy atom. The van der Waals surface area contributed by atoms with Gasteiger partial charge in [-0.1, -0.05) is 37.6 Å². The molecule has 37 heavy (non-hydrogen) atoms. The van der Waals surface area contributed by atoms with Crippen molar-refractivity contribution in [2.24, 2.45) is 0 Å². The van der Waals surface area contributed by atoms with E-state index in [-0.39, 0.29) is 28.5 Å². The summed E-state index contributed by atoms with van der Waals surface area (Å²) < 4.78 is 28.3. The molecule has 3 aromatic rings. The Morgan fingerprint density at radius 3 is 2.95 bits per heavy atom. The highest BCUT2D eigenvalue weighted by Gasteiger charge is 2.48. The van der Waals surface area contributed by atoms with Crippen LogP contribution in [0.25, 0.3) is 0 Å². The average Bonchev–Trinajstić information content (AvgIpc) is 3.44. The summed E-state index contributed by atoms with van der Waals surface area (Å²) in [6, 6.07) is 9.10. The second kappa shape index (κ2) is 8.48. The van der Waals surface area contributed by atoms with Gasteiger partial charge in [0, 0.05) is 23.7 Å². The highest BCUT2D eigenvalue weighted by molar-refractivity contribution is 6.31. The molecule has 0 bridgehead atoms. The molecule has 1 aromatic heterocycles. The third-order valence-electron chi connectivity index (χ3n) is 7.41. The Morgan fingerprint density at radius 1 is 1.27 bits per heavy atom. The quantitative estimate of drug-likeness (QED) is 0.516. The van der Waals surface area contributed by atoms with E-state index in [1.807, 2.05) is 6.07 Å². The predicted molar refractivity (Wildman–Crippen MR) is 135 cm³/mol. The van der Waals surface area contributed by atoms with Crippen LogP contribution in [0.2, 0.25) is 5.02 Å². The van der Waals surface area contributed by atoms with E-state index in [9.17, 15) is 9.59 Å². The number of aromatic nitrogens is 2. The number of nitrogens with one attached hydrogen (secondary N) is 1. The summed E-state index contributed by atoms with van der Waals surface area (Å²) in [6.45, 7) is 5.91. The van der Waals surface area contributed by atoms with E-state index < -0.39 is 17.5 Å². The Kier molecular flexibility index (Phi) is 5.45. The number of carbonyl (C=O) groups excluding carboxylic acids is 2. The molecule has 1 fully saturated rings. The highest BCUT2D eigenvalue weighted by atomic mass is 35.5. The van der Waals surface area contributed by atoms with Crippen molar-refractivity contribution in [3.8, 4) is 5.75 Å². The van der Waals surface area contributed by atoms with Gasteiger partial charge in [0.2, 0.25) is 0 Å². The Balaban J connectivity index is 1.22. The first-order valence-corrected chi connectivity index (χ1v) is 12.6. The number of hydrogen-bond donors (Lipinski definition) is 1. The van der Waals surface area contributed by atoms with Gasteiger partial charge < -0.3 is 14.4 Å². The number of rotatable bonds is 3. The van der Waals surface area contributed by atoms with Gasteiger partial charge >= 0.3 is 6.09 Å². The first-order chi connectivity index (χ1) is 17.6. The number of hydrogen-bond acceptors (Lipinski definition) is 5. The van der Waals surface area contributed by atoms with Gasteiger partial charge in [-0.15, -0.1) is 0 Å². The molecule has 3 aliphatic heterocycles. The third kappa shape index (κ3) is 4.01. The lowest BCUT2D eigenvalue weighted by atomic mass is 9.83. The van der Waals surface area contributed by atoms with E-state index >= 15 is 4.39 Å². The molecule has 1 saturated heterocycles. The van der Waals surface area contributed by atoms with Gasteiger partial charge in [0.25, 0.3) is 5.91 Å². The maximum atomic E-state index is 15.1. The number of benzene rings is 2. The van der Waals surface area contributed by atoms with Gasteiger partial charge in [-0.3, -0.25) is 14.8 Å². The van der Waals surface area contributed by atoms with Crippen LogP contribution in [0.4, 0.5) is 14.9 Å². The number of likely N-dealkylation sites (tertiary alicyclic amines) is 1. The van der Waals surface area contributed by atoms with Crippen molar-refractivity contribution >= 4 is 29.3 Å². The molecule has 6 rings (SSSR count). The highest BCUT2D eigenvalue weighted by Crippen LogP contribution is 2.45. The van der Waals surface area contributed by atoms with Crippen molar-refractivity contribution in [2.45, 2.75) is 44.2 Å². The topological polar surface area (TPSA) is 85.7 Å². The Bertz CT molecular complexity index is 1440. The normalized spacial score (nSPS) is 21.6. The molecule has 192 valence electrons. The summed E-state index contributed by atoms with van der Waals surface area (Å²) in [7, 11) is 0. The first-order valence-electron chi connectivity index (χ1n) is 12.2. The lowest BCUT2D eigenvalue weighted by Gasteiger charge is -2.45. The molecule has 0 radical (unpaired) electrons. The van der Waals surface area contributed by atoms with E-state index in [2.05, 4.69) is 36.4 Å². The molecule has 1 atom stereocenters. The van der Waals surface area contributed by atoms with Crippen LogP contribution in [0.15, 0.2) is 42.7 Å². The zero-order valence-electron chi connectivity index (χ0n) is 20.5. The van der Waals surface area contributed by atoms with Crippen molar-refractivity contribution in [1.82, 2.24) is 14.7 Å². The molecule has 4 heterocycles. The van der Waals surface area contributed by atoms with E-state index in [1.54, 1.807) is 21.8 Å². The van der Waals surface area contributed by atoms with Crippen molar-refractivity contribution in [3.05, 3.63) is 75.8 Å². The molecule has 10 heteroatoms. The van der Waals surface area contributed by atoms with E-state index in [0.29, 0.717) is 43.8 Å². The standard InChI is InChI=1S/C27H26ClFN4O4/c1-26(2)15-36-21-10-16(4-5-18(21)26)12-33-13-17(11-30-33)24(34)32-9-3-8-27(14-32)22-20(31-25(35)37-27)7-6-19(28)23(22)29/h4-7,10-11,13H,3,8-9,12,14-15H2,1-2H3,(H,31,35)/t27-/m0/s1. The number of amides is 2. The molecule has 0 aliphatic carbocycles. The van der Waals surface area contributed by atoms with E-state index in [0.717, 1.165) is 11.3 Å².